The highest BCUT2D eigenvalue weighted by Gasteiger charge is 2.26. The van der Waals surface area contributed by atoms with E-state index in [2.05, 4.69) is 11.9 Å². The maximum atomic E-state index is 12.6. The van der Waals surface area contributed by atoms with E-state index in [9.17, 15) is 4.79 Å². The van der Waals surface area contributed by atoms with Gasteiger partial charge in [-0.15, -0.1) is 0 Å². The Bertz CT molecular complexity index is 490. The van der Waals surface area contributed by atoms with Gasteiger partial charge in [-0.25, -0.2) is 0 Å². The molecular formula is C15H23N3O2. The average Bonchev–Trinajstić information content (AvgIpc) is 2.46. The Hall–Kier alpha value is -1.75. The molecule has 20 heavy (non-hydrogen) atoms. The molecule has 1 heterocycles. The normalized spacial score (nSPS) is 19.6. The van der Waals surface area contributed by atoms with Gasteiger partial charge in [-0.05, 0) is 38.6 Å². The van der Waals surface area contributed by atoms with E-state index in [1.54, 1.807) is 30.2 Å². The van der Waals surface area contributed by atoms with Gasteiger partial charge in [-0.3, -0.25) is 4.79 Å². The van der Waals surface area contributed by atoms with E-state index < -0.39 is 0 Å². The van der Waals surface area contributed by atoms with Crippen LogP contribution in [-0.2, 0) is 0 Å². The van der Waals surface area contributed by atoms with E-state index in [1.807, 2.05) is 7.05 Å². The van der Waals surface area contributed by atoms with Crippen molar-refractivity contribution in [2.45, 2.75) is 18.9 Å². The minimum Gasteiger partial charge on any atom is -0.495 e. The summed E-state index contributed by atoms with van der Waals surface area (Å²) >= 11 is 0. The lowest BCUT2D eigenvalue weighted by molar-refractivity contribution is 0.0645. The largest absolute Gasteiger partial charge is 0.495 e. The Labute approximate surface area is 120 Å². The molecule has 1 aromatic carbocycles. The molecule has 0 bridgehead atoms. The van der Waals surface area contributed by atoms with Crippen molar-refractivity contribution in [3.8, 4) is 5.75 Å². The van der Waals surface area contributed by atoms with E-state index >= 15 is 0 Å². The molecule has 5 heteroatoms. The van der Waals surface area contributed by atoms with Gasteiger partial charge in [0.15, 0.2) is 0 Å². The Balaban J connectivity index is 2.18. The molecule has 5 nitrogen and oxygen atoms in total. The van der Waals surface area contributed by atoms with Crippen LogP contribution in [-0.4, -0.2) is 56.0 Å². The van der Waals surface area contributed by atoms with Crippen LogP contribution in [0.2, 0.25) is 0 Å². The van der Waals surface area contributed by atoms with Crippen LogP contribution in [0.25, 0.3) is 0 Å². The van der Waals surface area contributed by atoms with Crippen molar-refractivity contribution in [2.24, 2.45) is 0 Å². The standard InChI is InChI=1S/C15H23N3O2/c1-17-9-5-6-11(10-17)18(2)15(19)12-7-4-8-13(20-3)14(12)16/h4,7-8,11H,5-6,9-10,16H2,1-3H3. The highest BCUT2D eigenvalue weighted by molar-refractivity contribution is 6.00. The smallest absolute Gasteiger partial charge is 0.256 e. The molecule has 1 aliphatic heterocycles. The van der Waals surface area contributed by atoms with Crippen LogP contribution in [0, 0.1) is 0 Å². The maximum absolute atomic E-state index is 12.6. The van der Waals surface area contributed by atoms with Gasteiger partial charge in [0.2, 0.25) is 0 Å². The zero-order valence-corrected chi connectivity index (χ0v) is 12.4. The molecule has 110 valence electrons. The molecular weight excluding hydrogens is 254 g/mol. The molecule has 1 aromatic rings. The third-order valence-electron chi connectivity index (χ3n) is 3.98. The van der Waals surface area contributed by atoms with Crippen LogP contribution in [0.1, 0.15) is 23.2 Å². The number of anilines is 1. The van der Waals surface area contributed by atoms with Crippen molar-refractivity contribution in [1.82, 2.24) is 9.80 Å². The summed E-state index contributed by atoms with van der Waals surface area (Å²) in [4.78, 5) is 16.7. The first-order chi connectivity index (χ1) is 9.54. The maximum Gasteiger partial charge on any atom is 0.256 e. The van der Waals surface area contributed by atoms with Crippen LogP contribution >= 0.6 is 0 Å². The summed E-state index contributed by atoms with van der Waals surface area (Å²) in [5.74, 6) is 0.506. The fourth-order valence-electron chi connectivity index (χ4n) is 2.72. The number of piperidine rings is 1. The molecule has 2 rings (SSSR count). The Morgan fingerprint density at radius 2 is 2.25 bits per heavy atom. The Kier molecular flexibility index (Phi) is 4.49. The van der Waals surface area contributed by atoms with Gasteiger partial charge in [0.1, 0.15) is 5.75 Å². The second-order valence-electron chi connectivity index (χ2n) is 5.40. The number of likely N-dealkylation sites (N-methyl/N-ethyl adjacent to an activating group) is 2. The minimum absolute atomic E-state index is 0.0401. The number of ether oxygens (including phenoxy) is 1. The zero-order chi connectivity index (χ0) is 14.7. The highest BCUT2D eigenvalue weighted by Crippen LogP contribution is 2.26. The number of methoxy groups -OCH3 is 1. The zero-order valence-electron chi connectivity index (χ0n) is 12.4. The fourth-order valence-corrected chi connectivity index (χ4v) is 2.72. The quantitative estimate of drug-likeness (QED) is 0.849. The number of rotatable bonds is 3. The predicted molar refractivity (Wildman–Crippen MR) is 80.0 cm³/mol. The topological polar surface area (TPSA) is 58.8 Å². The molecule has 0 saturated carbocycles. The van der Waals surface area contributed by atoms with Gasteiger partial charge in [-0.2, -0.15) is 0 Å². The molecule has 1 saturated heterocycles. The monoisotopic (exact) mass is 277 g/mol. The van der Waals surface area contributed by atoms with Gasteiger partial charge in [0.25, 0.3) is 5.91 Å². The second-order valence-corrected chi connectivity index (χ2v) is 5.40. The third kappa shape index (κ3) is 2.88. The van der Waals surface area contributed by atoms with Crippen molar-refractivity contribution < 1.29 is 9.53 Å². The first kappa shape index (κ1) is 14.7. The first-order valence-electron chi connectivity index (χ1n) is 6.92. The van der Waals surface area contributed by atoms with Crippen LogP contribution in [0.3, 0.4) is 0 Å². The lowest BCUT2D eigenvalue weighted by atomic mass is 10.0. The third-order valence-corrected chi connectivity index (χ3v) is 3.98. The van der Waals surface area contributed by atoms with E-state index in [-0.39, 0.29) is 11.9 Å². The van der Waals surface area contributed by atoms with Crippen molar-refractivity contribution in [1.29, 1.82) is 0 Å². The molecule has 1 amide bonds. The molecule has 2 N–H and O–H groups in total. The second kappa shape index (κ2) is 6.13. The van der Waals surface area contributed by atoms with Crippen molar-refractivity contribution >= 4 is 11.6 Å². The summed E-state index contributed by atoms with van der Waals surface area (Å²) in [6.07, 6.45) is 2.16. The van der Waals surface area contributed by atoms with Gasteiger partial charge in [0, 0.05) is 19.6 Å². The first-order valence-corrected chi connectivity index (χ1v) is 6.92. The number of nitrogens with two attached hydrogens (primary N) is 1. The lowest BCUT2D eigenvalue weighted by Crippen LogP contribution is -2.47. The summed E-state index contributed by atoms with van der Waals surface area (Å²) in [5, 5.41) is 0. The average molecular weight is 277 g/mol. The molecule has 0 radical (unpaired) electrons. The molecule has 1 fully saturated rings. The van der Waals surface area contributed by atoms with Crippen LogP contribution in [0.4, 0.5) is 5.69 Å². The lowest BCUT2D eigenvalue weighted by Gasteiger charge is -2.36. The fraction of sp³-hybridized carbons (Fsp3) is 0.533. The summed E-state index contributed by atoms with van der Waals surface area (Å²) in [6, 6.07) is 5.55. The van der Waals surface area contributed by atoms with Crippen LogP contribution < -0.4 is 10.5 Å². The number of carbonyl (C=O) groups excluding carboxylic acids is 1. The van der Waals surface area contributed by atoms with E-state index in [0.29, 0.717) is 17.0 Å². The number of benzene rings is 1. The number of nitrogen functional groups attached to an aromatic ring is 1. The van der Waals surface area contributed by atoms with Crippen molar-refractivity contribution in [3.05, 3.63) is 23.8 Å². The Morgan fingerprint density at radius 3 is 2.90 bits per heavy atom. The van der Waals surface area contributed by atoms with Gasteiger partial charge < -0.3 is 20.3 Å². The molecule has 0 spiro atoms. The predicted octanol–water partition coefficient (Wildman–Crippen LogP) is 1.44. The summed E-state index contributed by atoms with van der Waals surface area (Å²) < 4.78 is 5.17. The minimum atomic E-state index is -0.0401. The molecule has 1 aliphatic rings. The number of para-hydroxylation sites is 1. The summed E-state index contributed by atoms with van der Waals surface area (Å²) in [6.45, 7) is 2.01. The number of hydrogen-bond donors (Lipinski definition) is 1. The van der Waals surface area contributed by atoms with E-state index in [4.69, 9.17) is 10.5 Å². The van der Waals surface area contributed by atoms with Crippen molar-refractivity contribution in [3.63, 3.8) is 0 Å². The number of likely N-dealkylation sites (tertiary alicyclic amines) is 1. The number of amides is 1. The summed E-state index contributed by atoms with van der Waals surface area (Å²) in [5.41, 5.74) is 6.93. The van der Waals surface area contributed by atoms with Gasteiger partial charge in [-0.1, -0.05) is 6.07 Å². The molecule has 1 unspecified atom stereocenters. The van der Waals surface area contributed by atoms with E-state index in [1.165, 1.54) is 0 Å². The van der Waals surface area contributed by atoms with Gasteiger partial charge in [0.05, 0.1) is 18.4 Å². The van der Waals surface area contributed by atoms with Gasteiger partial charge >= 0.3 is 0 Å². The molecule has 0 aliphatic carbocycles. The molecule has 0 aromatic heterocycles. The number of nitrogens with zero attached hydrogens (tertiary/aromatic N) is 2. The SMILES string of the molecule is COc1cccc(C(=O)N(C)C2CCCN(C)C2)c1N. The highest BCUT2D eigenvalue weighted by atomic mass is 16.5. The number of hydrogen-bond acceptors (Lipinski definition) is 4. The van der Waals surface area contributed by atoms with Crippen LogP contribution in [0.5, 0.6) is 5.75 Å². The summed E-state index contributed by atoms with van der Waals surface area (Å²) in [7, 11) is 5.50. The van der Waals surface area contributed by atoms with E-state index in [0.717, 1.165) is 25.9 Å². The molecule has 1 atom stereocenters. The Morgan fingerprint density at radius 1 is 1.50 bits per heavy atom. The number of carbonyl (C=O) groups is 1. The van der Waals surface area contributed by atoms with Crippen LogP contribution in [0.15, 0.2) is 18.2 Å². The van der Waals surface area contributed by atoms with Crippen molar-refractivity contribution in [2.75, 3.05) is 40.0 Å².